The van der Waals surface area contributed by atoms with Crippen LogP contribution >= 0.6 is 0 Å². The first kappa shape index (κ1) is 12.3. The first-order valence-corrected chi connectivity index (χ1v) is 6.11. The van der Waals surface area contributed by atoms with Gasteiger partial charge in [-0.3, -0.25) is 9.67 Å². The van der Waals surface area contributed by atoms with Crippen LogP contribution in [0, 0.1) is 13.8 Å². The van der Waals surface area contributed by atoms with Crippen LogP contribution in [-0.4, -0.2) is 24.9 Å². The molecule has 3 aromatic heterocycles. The van der Waals surface area contributed by atoms with Crippen LogP contribution < -0.4 is 5.73 Å². The van der Waals surface area contributed by atoms with Gasteiger partial charge in [-0.15, -0.1) is 0 Å². The van der Waals surface area contributed by atoms with Crippen molar-refractivity contribution in [3.05, 3.63) is 29.6 Å². The molecule has 0 saturated heterocycles. The zero-order valence-electron chi connectivity index (χ0n) is 11.5. The van der Waals surface area contributed by atoms with Gasteiger partial charge in [-0.1, -0.05) is 11.2 Å². The van der Waals surface area contributed by atoms with Gasteiger partial charge in [-0.25, -0.2) is 0 Å². The van der Waals surface area contributed by atoms with Crippen LogP contribution in [0.4, 0.5) is 5.82 Å². The summed E-state index contributed by atoms with van der Waals surface area (Å²) in [6.45, 7) is 3.95. The number of pyridine rings is 1. The minimum atomic E-state index is 0.340. The summed E-state index contributed by atoms with van der Waals surface area (Å²) < 4.78 is 6.80. The second-order valence-corrected chi connectivity index (χ2v) is 4.67. The molecular formula is C13H14N6O. The summed E-state index contributed by atoms with van der Waals surface area (Å²) in [6.07, 6.45) is 3.37. The zero-order valence-corrected chi connectivity index (χ0v) is 11.5. The lowest BCUT2D eigenvalue weighted by atomic mass is 10.1. The van der Waals surface area contributed by atoms with Crippen molar-refractivity contribution in [3.63, 3.8) is 0 Å². The van der Waals surface area contributed by atoms with Crippen LogP contribution in [0.1, 0.15) is 11.1 Å². The van der Waals surface area contributed by atoms with Gasteiger partial charge in [0.15, 0.2) is 0 Å². The van der Waals surface area contributed by atoms with Crippen molar-refractivity contribution < 1.29 is 4.52 Å². The molecule has 0 atom stereocenters. The molecule has 102 valence electrons. The predicted molar refractivity (Wildman–Crippen MR) is 73.6 cm³/mol. The fraction of sp³-hybridized carbons (Fsp3) is 0.231. The molecule has 3 aromatic rings. The molecule has 0 aliphatic rings. The third-order valence-corrected chi connectivity index (χ3v) is 3.07. The van der Waals surface area contributed by atoms with E-state index in [-0.39, 0.29) is 0 Å². The third kappa shape index (κ3) is 1.93. The van der Waals surface area contributed by atoms with Crippen molar-refractivity contribution in [1.82, 2.24) is 24.9 Å². The average Bonchev–Trinajstić information content (AvgIpc) is 2.98. The molecule has 0 bridgehead atoms. The van der Waals surface area contributed by atoms with E-state index < -0.39 is 0 Å². The maximum Gasteiger partial charge on any atom is 0.263 e. The average molecular weight is 270 g/mol. The Morgan fingerprint density at radius 1 is 1.25 bits per heavy atom. The Labute approximate surface area is 115 Å². The van der Waals surface area contributed by atoms with Gasteiger partial charge in [-0.05, 0) is 25.0 Å². The van der Waals surface area contributed by atoms with Crippen LogP contribution in [0.3, 0.4) is 0 Å². The van der Waals surface area contributed by atoms with Crippen molar-refractivity contribution in [2.75, 3.05) is 5.73 Å². The molecule has 0 saturated carbocycles. The molecule has 0 unspecified atom stereocenters. The molecule has 3 rings (SSSR count). The van der Waals surface area contributed by atoms with Crippen LogP contribution in [-0.2, 0) is 7.05 Å². The highest BCUT2D eigenvalue weighted by molar-refractivity contribution is 5.68. The summed E-state index contributed by atoms with van der Waals surface area (Å²) in [5.41, 5.74) is 9.30. The number of nitrogens with zero attached hydrogens (tertiary/aromatic N) is 5. The Morgan fingerprint density at radius 3 is 2.70 bits per heavy atom. The van der Waals surface area contributed by atoms with Crippen molar-refractivity contribution in [3.8, 4) is 23.0 Å². The van der Waals surface area contributed by atoms with Gasteiger partial charge in [0, 0.05) is 13.2 Å². The van der Waals surface area contributed by atoms with Crippen molar-refractivity contribution in [1.29, 1.82) is 0 Å². The normalized spacial score (nSPS) is 10.9. The Morgan fingerprint density at radius 2 is 2.05 bits per heavy atom. The minimum absolute atomic E-state index is 0.340. The second kappa shape index (κ2) is 4.44. The molecule has 0 aromatic carbocycles. The number of hydrogen-bond donors (Lipinski definition) is 1. The number of anilines is 1. The molecule has 3 heterocycles. The van der Waals surface area contributed by atoms with Crippen LogP contribution in [0.15, 0.2) is 23.0 Å². The van der Waals surface area contributed by atoms with Crippen LogP contribution in [0.25, 0.3) is 23.0 Å². The van der Waals surface area contributed by atoms with E-state index in [1.807, 2.05) is 19.9 Å². The van der Waals surface area contributed by atoms with E-state index in [4.69, 9.17) is 10.3 Å². The standard InChI is InChI=1S/C13H14N6O/c1-7-4-8(2)10(15-5-7)12-17-13(20-18-12)9-6-16-19(3)11(9)14/h4-6H,14H2,1-3H3. The van der Waals surface area contributed by atoms with Crippen molar-refractivity contribution in [2.45, 2.75) is 13.8 Å². The molecule has 0 radical (unpaired) electrons. The summed E-state index contributed by atoms with van der Waals surface area (Å²) in [7, 11) is 1.75. The third-order valence-electron chi connectivity index (χ3n) is 3.07. The van der Waals surface area contributed by atoms with Gasteiger partial charge in [0.1, 0.15) is 17.1 Å². The fourth-order valence-electron chi connectivity index (χ4n) is 1.99. The lowest BCUT2D eigenvalue weighted by Crippen LogP contribution is -1.98. The lowest BCUT2D eigenvalue weighted by Gasteiger charge is -2.00. The topological polar surface area (TPSA) is 95.7 Å². The Kier molecular flexibility index (Phi) is 2.74. The molecule has 7 heteroatoms. The second-order valence-electron chi connectivity index (χ2n) is 4.67. The van der Waals surface area contributed by atoms with E-state index in [9.17, 15) is 0 Å². The summed E-state index contributed by atoms with van der Waals surface area (Å²) in [5, 5.41) is 8.01. The number of aromatic nitrogens is 5. The molecular weight excluding hydrogens is 256 g/mol. The largest absolute Gasteiger partial charge is 0.383 e. The minimum Gasteiger partial charge on any atom is -0.383 e. The zero-order chi connectivity index (χ0) is 14.3. The molecule has 0 aliphatic carbocycles. The molecule has 2 N–H and O–H groups in total. The van der Waals surface area contributed by atoms with E-state index >= 15 is 0 Å². The van der Waals surface area contributed by atoms with E-state index in [1.54, 1.807) is 24.1 Å². The monoisotopic (exact) mass is 270 g/mol. The van der Waals surface area contributed by atoms with Gasteiger partial charge in [0.25, 0.3) is 5.89 Å². The molecule has 7 nitrogen and oxygen atoms in total. The van der Waals surface area contributed by atoms with Gasteiger partial charge in [0.05, 0.1) is 6.20 Å². The highest BCUT2D eigenvalue weighted by Gasteiger charge is 2.17. The maximum absolute atomic E-state index is 5.89. The fourth-order valence-corrected chi connectivity index (χ4v) is 1.99. The molecule has 0 aliphatic heterocycles. The number of hydrogen-bond acceptors (Lipinski definition) is 6. The van der Waals surface area contributed by atoms with Crippen LogP contribution in [0.5, 0.6) is 0 Å². The predicted octanol–water partition coefficient (Wildman–Crippen LogP) is 1.73. The molecule has 20 heavy (non-hydrogen) atoms. The van der Waals surface area contributed by atoms with Gasteiger partial charge >= 0.3 is 0 Å². The molecule has 0 spiro atoms. The smallest absolute Gasteiger partial charge is 0.263 e. The van der Waals surface area contributed by atoms with E-state index in [0.29, 0.717) is 28.8 Å². The number of rotatable bonds is 2. The summed E-state index contributed by atoms with van der Waals surface area (Å²) in [6, 6.07) is 2.02. The highest BCUT2D eigenvalue weighted by atomic mass is 16.5. The van der Waals surface area contributed by atoms with E-state index in [1.165, 1.54) is 0 Å². The van der Waals surface area contributed by atoms with Crippen molar-refractivity contribution >= 4 is 5.82 Å². The maximum atomic E-state index is 5.89. The molecule has 0 fully saturated rings. The Balaban J connectivity index is 2.04. The summed E-state index contributed by atoms with van der Waals surface area (Å²) in [5.74, 6) is 1.27. The number of aryl methyl sites for hydroxylation is 3. The van der Waals surface area contributed by atoms with E-state index in [0.717, 1.165) is 11.1 Å². The Hall–Kier alpha value is -2.70. The van der Waals surface area contributed by atoms with Gasteiger partial charge in [-0.2, -0.15) is 10.1 Å². The summed E-state index contributed by atoms with van der Waals surface area (Å²) in [4.78, 5) is 8.69. The summed E-state index contributed by atoms with van der Waals surface area (Å²) >= 11 is 0. The first-order valence-electron chi connectivity index (χ1n) is 6.11. The number of nitrogens with two attached hydrogens (primary N) is 1. The molecule has 0 amide bonds. The van der Waals surface area contributed by atoms with E-state index in [2.05, 4.69) is 20.2 Å². The highest BCUT2D eigenvalue weighted by Crippen LogP contribution is 2.26. The first-order chi connectivity index (χ1) is 9.56. The Bertz CT molecular complexity index is 773. The van der Waals surface area contributed by atoms with Gasteiger partial charge in [0.2, 0.25) is 5.82 Å². The SMILES string of the molecule is Cc1cnc(-c2noc(-c3cnn(C)c3N)n2)c(C)c1. The quantitative estimate of drug-likeness (QED) is 0.761. The van der Waals surface area contributed by atoms with Crippen LogP contribution in [0.2, 0.25) is 0 Å². The lowest BCUT2D eigenvalue weighted by molar-refractivity contribution is 0.432. The number of nitrogen functional groups attached to an aromatic ring is 1. The van der Waals surface area contributed by atoms with Crippen molar-refractivity contribution in [2.24, 2.45) is 7.05 Å². The van der Waals surface area contributed by atoms with Gasteiger partial charge < -0.3 is 10.3 Å².